The van der Waals surface area contributed by atoms with Gasteiger partial charge in [0.1, 0.15) is 5.75 Å². The van der Waals surface area contributed by atoms with Gasteiger partial charge in [0.25, 0.3) is 0 Å². The molecule has 3 N–H and O–H groups in total. The summed E-state index contributed by atoms with van der Waals surface area (Å²) in [5.74, 6) is -1.67. The third kappa shape index (κ3) is 6.34. The van der Waals surface area contributed by atoms with E-state index in [0.29, 0.717) is 23.2 Å². The number of amides is 2. The summed E-state index contributed by atoms with van der Waals surface area (Å²) in [4.78, 5) is 40.3. The van der Waals surface area contributed by atoms with E-state index < -0.39 is 11.8 Å². The molecule has 0 aliphatic rings. The maximum absolute atomic E-state index is 12.6. The van der Waals surface area contributed by atoms with Gasteiger partial charge in [-0.2, -0.15) is 0 Å². The first-order valence-electron chi connectivity index (χ1n) is 9.40. The number of rotatable bonds is 6. The van der Waals surface area contributed by atoms with Gasteiger partial charge in [-0.1, -0.05) is 41.5 Å². The van der Waals surface area contributed by atoms with Gasteiger partial charge in [0.05, 0.1) is 6.61 Å². The number of nitrogens with one attached hydrogen (secondary N) is 2. The highest BCUT2D eigenvalue weighted by Crippen LogP contribution is 2.39. The van der Waals surface area contributed by atoms with Gasteiger partial charge in [-0.25, -0.2) is 5.48 Å². The van der Waals surface area contributed by atoms with Gasteiger partial charge in [0.2, 0.25) is 0 Å². The van der Waals surface area contributed by atoms with E-state index in [1.807, 2.05) is 47.0 Å². The number of phenols is 1. The zero-order valence-corrected chi connectivity index (χ0v) is 17.9. The van der Waals surface area contributed by atoms with Crippen molar-refractivity contribution in [3.8, 4) is 5.75 Å². The maximum atomic E-state index is 12.6. The molecule has 0 spiro atoms. The second-order valence-electron chi connectivity index (χ2n) is 8.73. The Bertz CT molecular complexity index is 707. The molecule has 0 saturated carbocycles. The van der Waals surface area contributed by atoms with Crippen LogP contribution in [0.5, 0.6) is 5.75 Å². The van der Waals surface area contributed by atoms with Gasteiger partial charge in [0.15, 0.2) is 5.78 Å². The van der Waals surface area contributed by atoms with Crippen LogP contribution in [-0.4, -0.2) is 35.9 Å². The van der Waals surface area contributed by atoms with Crippen LogP contribution in [0.3, 0.4) is 0 Å². The lowest BCUT2D eigenvalue weighted by atomic mass is 9.78. The van der Waals surface area contributed by atoms with Crippen molar-refractivity contribution in [2.75, 3.05) is 13.2 Å². The molecule has 0 unspecified atom stereocenters. The van der Waals surface area contributed by atoms with E-state index in [1.165, 1.54) is 0 Å². The summed E-state index contributed by atoms with van der Waals surface area (Å²) >= 11 is 0. The van der Waals surface area contributed by atoms with Crippen molar-refractivity contribution in [1.29, 1.82) is 0 Å². The van der Waals surface area contributed by atoms with Crippen molar-refractivity contribution >= 4 is 17.6 Å². The highest BCUT2D eigenvalue weighted by molar-refractivity contribution is 6.34. The maximum Gasteiger partial charge on any atom is 0.332 e. The standard InChI is InChI=1S/C21H32N2O5/c1-8-22-18(26)19(27)23-28-10-9-16(24)13-11-14(20(2,3)4)17(25)15(12-13)21(5,6)7/h11-12,25H,8-10H2,1-7H3,(H,22,26)(H,23,27). The monoisotopic (exact) mass is 392 g/mol. The number of hydrogen-bond donors (Lipinski definition) is 3. The van der Waals surface area contributed by atoms with E-state index >= 15 is 0 Å². The summed E-state index contributed by atoms with van der Waals surface area (Å²) in [5.41, 5.74) is 3.22. The minimum atomic E-state index is -0.913. The van der Waals surface area contributed by atoms with Gasteiger partial charge in [-0.15, -0.1) is 0 Å². The first kappa shape index (κ1) is 23.6. The molecule has 7 nitrogen and oxygen atoms in total. The number of Topliss-reactive ketones (excluding diaryl/α,β-unsaturated/α-hetero) is 1. The van der Waals surface area contributed by atoms with Gasteiger partial charge < -0.3 is 10.4 Å². The van der Waals surface area contributed by atoms with E-state index in [0.717, 1.165) is 0 Å². The first-order valence-corrected chi connectivity index (χ1v) is 9.40. The molecule has 0 aliphatic carbocycles. The Morgan fingerprint density at radius 2 is 1.46 bits per heavy atom. The fourth-order valence-corrected chi connectivity index (χ4v) is 2.63. The van der Waals surface area contributed by atoms with Gasteiger partial charge in [-0.05, 0) is 29.9 Å². The molecule has 0 aromatic heterocycles. The number of aromatic hydroxyl groups is 1. The highest BCUT2D eigenvalue weighted by Gasteiger charge is 2.27. The first-order chi connectivity index (χ1) is 12.8. The summed E-state index contributed by atoms with van der Waals surface area (Å²) in [6, 6.07) is 3.42. The fraction of sp³-hybridized carbons (Fsp3) is 0.571. The van der Waals surface area contributed by atoms with Crippen LogP contribution >= 0.6 is 0 Å². The van der Waals surface area contributed by atoms with E-state index in [-0.39, 0.29) is 35.4 Å². The van der Waals surface area contributed by atoms with Crippen molar-refractivity contribution in [3.63, 3.8) is 0 Å². The number of likely N-dealkylation sites (N-methyl/N-ethyl adjacent to an activating group) is 1. The average Bonchev–Trinajstić information content (AvgIpc) is 2.56. The molecule has 0 radical (unpaired) electrons. The molecular formula is C21H32N2O5. The molecule has 7 heteroatoms. The molecule has 0 heterocycles. The Morgan fingerprint density at radius 3 is 1.89 bits per heavy atom. The molecule has 0 atom stereocenters. The molecule has 156 valence electrons. The van der Waals surface area contributed by atoms with Gasteiger partial charge >= 0.3 is 11.8 Å². The summed E-state index contributed by atoms with van der Waals surface area (Å²) in [6.45, 7) is 13.8. The second kappa shape index (κ2) is 9.19. The van der Waals surface area contributed by atoms with Gasteiger partial charge in [-0.3, -0.25) is 19.2 Å². The van der Waals surface area contributed by atoms with Gasteiger partial charge in [0, 0.05) is 29.7 Å². The van der Waals surface area contributed by atoms with Crippen molar-refractivity contribution < 1.29 is 24.3 Å². The molecule has 1 rings (SSSR count). The van der Waals surface area contributed by atoms with E-state index in [9.17, 15) is 19.5 Å². The molecular weight excluding hydrogens is 360 g/mol. The minimum absolute atomic E-state index is 0.0214. The predicted molar refractivity (Wildman–Crippen MR) is 107 cm³/mol. The van der Waals surface area contributed by atoms with Crippen molar-refractivity contribution in [3.05, 3.63) is 28.8 Å². The number of hydroxylamine groups is 1. The van der Waals surface area contributed by atoms with Crippen molar-refractivity contribution in [1.82, 2.24) is 10.8 Å². The van der Waals surface area contributed by atoms with E-state index in [4.69, 9.17) is 4.84 Å². The number of benzene rings is 1. The molecule has 1 aromatic carbocycles. The predicted octanol–water partition coefficient (Wildman–Crippen LogP) is 2.74. The summed E-state index contributed by atoms with van der Waals surface area (Å²) < 4.78 is 0. The topological polar surface area (TPSA) is 105 Å². The van der Waals surface area contributed by atoms with Crippen LogP contribution in [0.1, 0.15) is 76.4 Å². The zero-order chi connectivity index (χ0) is 21.7. The van der Waals surface area contributed by atoms with Crippen molar-refractivity contribution in [2.45, 2.75) is 65.7 Å². The smallest absolute Gasteiger partial charge is 0.332 e. The zero-order valence-electron chi connectivity index (χ0n) is 17.9. The molecule has 0 bridgehead atoms. The summed E-state index contributed by atoms with van der Waals surface area (Å²) in [7, 11) is 0. The number of phenolic OH excluding ortho intramolecular Hbond substituents is 1. The third-order valence-electron chi connectivity index (χ3n) is 4.19. The number of carbonyl (C=O) groups excluding carboxylic acids is 3. The lowest BCUT2D eigenvalue weighted by Crippen LogP contribution is -2.40. The Kier molecular flexibility index (Phi) is 7.75. The minimum Gasteiger partial charge on any atom is -0.507 e. The number of hydrogen-bond acceptors (Lipinski definition) is 5. The number of carbonyl (C=O) groups is 3. The molecule has 28 heavy (non-hydrogen) atoms. The lowest BCUT2D eigenvalue weighted by molar-refractivity contribution is -0.146. The largest absolute Gasteiger partial charge is 0.507 e. The van der Waals surface area contributed by atoms with Crippen molar-refractivity contribution in [2.24, 2.45) is 0 Å². The van der Waals surface area contributed by atoms with Crippen LogP contribution in [-0.2, 0) is 25.3 Å². The SMILES string of the molecule is CCNC(=O)C(=O)NOCCC(=O)c1cc(C(C)(C)C)c(O)c(C(C)(C)C)c1. The normalized spacial score (nSPS) is 11.8. The fourth-order valence-electron chi connectivity index (χ4n) is 2.63. The van der Waals surface area contributed by atoms with Crippen LogP contribution in [0.15, 0.2) is 12.1 Å². The summed E-state index contributed by atoms with van der Waals surface area (Å²) in [6.07, 6.45) is 0.0214. The highest BCUT2D eigenvalue weighted by atomic mass is 16.7. The molecule has 0 fully saturated rings. The van der Waals surface area contributed by atoms with Crippen LogP contribution in [0.4, 0.5) is 0 Å². The van der Waals surface area contributed by atoms with Crippen LogP contribution < -0.4 is 10.8 Å². The van der Waals surface area contributed by atoms with Crippen LogP contribution in [0, 0.1) is 0 Å². The van der Waals surface area contributed by atoms with Crippen LogP contribution in [0.25, 0.3) is 0 Å². The van der Waals surface area contributed by atoms with E-state index in [1.54, 1.807) is 19.1 Å². The Morgan fingerprint density at radius 1 is 0.964 bits per heavy atom. The average molecular weight is 392 g/mol. The Hall–Kier alpha value is -2.41. The van der Waals surface area contributed by atoms with Crippen LogP contribution in [0.2, 0.25) is 0 Å². The molecule has 1 aromatic rings. The second-order valence-corrected chi connectivity index (χ2v) is 8.73. The molecule has 2 amide bonds. The molecule has 0 saturated heterocycles. The number of ketones is 1. The Balaban J connectivity index is 2.91. The van der Waals surface area contributed by atoms with E-state index in [2.05, 4.69) is 5.32 Å². The summed E-state index contributed by atoms with van der Waals surface area (Å²) in [5, 5.41) is 13.1. The quantitative estimate of drug-likeness (QED) is 0.299. The Labute approximate surface area is 166 Å². The molecule has 0 aliphatic heterocycles. The third-order valence-corrected chi connectivity index (χ3v) is 4.19. The lowest BCUT2D eigenvalue weighted by Gasteiger charge is -2.28.